The molecule has 1 aromatic heterocycles. The maximum absolute atomic E-state index is 6.14. The van der Waals surface area contributed by atoms with Crippen molar-refractivity contribution < 1.29 is 4.74 Å². The van der Waals surface area contributed by atoms with Crippen LogP contribution in [0.5, 0.6) is 5.75 Å². The molecule has 0 aliphatic heterocycles. The normalized spacial score (nSPS) is 10.5. The third kappa shape index (κ3) is 4.09. The molecule has 0 fully saturated rings. The van der Waals surface area contributed by atoms with Crippen LogP contribution < -0.4 is 15.0 Å². The summed E-state index contributed by atoms with van der Waals surface area (Å²) in [6, 6.07) is 10.0. The number of anilines is 1. The highest BCUT2D eigenvalue weighted by Gasteiger charge is 2.08. The smallest absolute Gasteiger partial charge is 0.128 e. The van der Waals surface area contributed by atoms with Crippen LogP contribution in [-0.2, 0) is 13.1 Å². The fourth-order valence-electron chi connectivity index (χ4n) is 2.13. The van der Waals surface area contributed by atoms with E-state index in [1.165, 1.54) is 5.56 Å². The number of nitrogens with one attached hydrogen (secondary N) is 1. The van der Waals surface area contributed by atoms with E-state index in [-0.39, 0.29) is 0 Å². The molecule has 2 rings (SSSR count). The summed E-state index contributed by atoms with van der Waals surface area (Å²) >= 11 is 6.14. The molecule has 5 heteroatoms. The lowest BCUT2D eigenvalue weighted by atomic mass is 10.2. The summed E-state index contributed by atoms with van der Waals surface area (Å²) in [6.45, 7) is 1.48. The summed E-state index contributed by atoms with van der Waals surface area (Å²) in [7, 11) is 5.59. The van der Waals surface area contributed by atoms with Crippen molar-refractivity contribution in [2.45, 2.75) is 13.1 Å². The summed E-state index contributed by atoms with van der Waals surface area (Å²) in [4.78, 5) is 6.48. The molecule has 0 amide bonds. The fraction of sp³-hybridized carbons (Fsp3) is 0.312. The molecular formula is C16H20ClN3O. The number of nitrogens with zero attached hydrogens (tertiary/aromatic N) is 2. The van der Waals surface area contributed by atoms with Gasteiger partial charge in [-0.1, -0.05) is 23.7 Å². The first-order valence-electron chi connectivity index (χ1n) is 6.77. The molecule has 0 saturated heterocycles. The topological polar surface area (TPSA) is 37.4 Å². The van der Waals surface area contributed by atoms with Crippen LogP contribution in [0.15, 0.2) is 36.5 Å². The number of aromatic nitrogens is 1. The quantitative estimate of drug-likeness (QED) is 0.890. The molecule has 0 atom stereocenters. The first-order valence-corrected chi connectivity index (χ1v) is 7.15. The Labute approximate surface area is 130 Å². The predicted molar refractivity (Wildman–Crippen MR) is 87.1 cm³/mol. The Morgan fingerprint density at radius 2 is 2.14 bits per heavy atom. The van der Waals surface area contributed by atoms with Crippen LogP contribution in [0, 0.1) is 0 Å². The largest absolute Gasteiger partial charge is 0.497 e. The van der Waals surface area contributed by atoms with Gasteiger partial charge in [0.05, 0.1) is 12.1 Å². The van der Waals surface area contributed by atoms with Crippen molar-refractivity contribution in [1.82, 2.24) is 10.3 Å². The zero-order valence-electron chi connectivity index (χ0n) is 12.6. The fourth-order valence-corrected chi connectivity index (χ4v) is 2.30. The van der Waals surface area contributed by atoms with Crippen molar-refractivity contribution in [2.75, 3.05) is 26.1 Å². The second kappa shape index (κ2) is 7.29. The van der Waals surface area contributed by atoms with Crippen LogP contribution in [0.1, 0.15) is 11.1 Å². The van der Waals surface area contributed by atoms with Crippen molar-refractivity contribution in [3.8, 4) is 5.75 Å². The van der Waals surface area contributed by atoms with Crippen molar-refractivity contribution in [2.24, 2.45) is 0 Å². The molecule has 112 valence electrons. The van der Waals surface area contributed by atoms with Gasteiger partial charge in [0.2, 0.25) is 0 Å². The Bertz CT molecular complexity index is 604. The Balaban J connectivity index is 2.15. The standard InChI is InChI=1S/C16H20ClN3O/c1-18-9-13-8-16(19-10-15(13)17)20(2)11-12-5-4-6-14(7-12)21-3/h4-8,10,18H,9,11H2,1-3H3. The van der Waals surface area contributed by atoms with E-state index in [4.69, 9.17) is 16.3 Å². The number of halogens is 1. The summed E-state index contributed by atoms with van der Waals surface area (Å²) in [5, 5.41) is 3.79. The maximum atomic E-state index is 6.14. The van der Waals surface area contributed by atoms with Crippen LogP contribution in [0.4, 0.5) is 5.82 Å². The minimum Gasteiger partial charge on any atom is -0.497 e. The van der Waals surface area contributed by atoms with Gasteiger partial charge in [-0.2, -0.15) is 0 Å². The first kappa shape index (κ1) is 15.6. The highest BCUT2D eigenvalue weighted by molar-refractivity contribution is 6.31. The van der Waals surface area contributed by atoms with Crippen molar-refractivity contribution in [3.05, 3.63) is 52.7 Å². The van der Waals surface area contributed by atoms with Gasteiger partial charge in [-0.3, -0.25) is 0 Å². The van der Waals surface area contributed by atoms with Gasteiger partial charge < -0.3 is 15.0 Å². The molecule has 0 unspecified atom stereocenters. The van der Waals surface area contributed by atoms with Crippen molar-refractivity contribution >= 4 is 17.4 Å². The molecule has 0 bridgehead atoms. The predicted octanol–water partition coefficient (Wildman–Crippen LogP) is 3.10. The summed E-state index contributed by atoms with van der Waals surface area (Å²) in [5.74, 6) is 1.76. The van der Waals surface area contributed by atoms with Gasteiger partial charge in [-0.15, -0.1) is 0 Å². The van der Waals surface area contributed by atoms with Gasteiger partial charge in [0, 0.05) is 26.3 Å². The molecule has 0 spiro atoms. The van der Waals surface area contributed by atoms with E-state index in [2.05, 4.69) is 21.3 Å². The van der Waals surface area contributed by atoms with Crippen LogP contribution in [0.25, 0.3) is 0 Å². The van der Waals surface area contributed by atoms with Gasteiger partial charge >= 0.3 is 0 Å². The average Bonchev–Trinajstić information content (AvgIpc) is 2.50. The third-order valence-electron chi connectivity index (χ3n) is 3.23. The summed E-state index contributed by atoms with van der Waals surface area (Å²) in [5.41, 5.74) is 2.21. The maximum Gasteiger partial charge on any atom is 0.128 e. The molecule has 0 saturated carbocycles. The van der Waals surface area contributed by atoms with Crippen molar-refractivity contribution in [3.63, 3.8) is 0 Å². The van der Waals surface area contributed by atoms with Gasteiger partial charge in [0.25, 0.3) is 0 Å². The van der Waals surface area contributed by atoms with E-state index in [1.807, 2.05) is 38.4 Å². The minimum atomic E-state index is 0.683. The van der Waals surface area contributed by atoms with Crippen LogP contribution in [0.2, 0.25) is 5.02 Å². The Kier molecular flexibility index (Phi) is 5.42. The number of benzene rings is 1. The molecule has 1 N–H and O–H groups in total. The molecule has 0 radical (unpaired) electrons. The van der Waals surface area contributed by atoms with Gasteiger partial charge in [0.15, 0.2) is 0 Å². The van der Waals surface area contributed by atoms with E-state index in [0.717, 1.165) is 30.2 Å². The first-order chi connectivity index (χ1) is 10.1. The monoisotopic (exact) mass is 305 g/mol. The number of hydrogen-bond donors (Lipinski definition) is 1. The zero-order chi connectivity index (χ0) is 15.2. The molecule has 0 aliphatic carbocycles. The highest BCUT2D eigenvalue weighted by atomic mass is 35.5. The van der Waals surface area contributed by atoms with E-state index in [9.17, 15) is 0 Å². The second-order valence-corrected chi connectivity index (χ2v) is 5.28. The van der Waals surface area contributed by atoms with E-state index in [0.29, 0.717) is 5.02 Å². The summed E-state index contributed by atoms with van der Waals surface area (Å²) in [6.07, 6.45) is 1.70. The highest BCUT2D eigenvalue weighted by Crippen LogP contribution is 2.21. The van der Waals surface area contributed by atoms with E-state index in [1.54, 1.807) is 13.3 Å². The SMILES string of the molecule is CNCc1cc(N(C)Cc2cccc(OC)c2)ncc1Cl. The minimum absolute atomic E-state index is 0.683. The molecule has 0 aliphatic rings. The molecule has 1 aromatic carbocycles. The molecule has 1 heterocycles. The zero-order valence-corrected chi connectivity index (χ0v) is 13.3. The molecular weight excluding hydrogens is 286 g/mol. The van der Waals surface area contributed by atoms with Crippen molar-refractivity contribution in [1.29, 1.82) is 0 Å². The van der Waals surface area contributed by atoms with E-state index < -0.39 is 0 Å². The van der Waals surface area contributed by atoms with Gasteiger partial charge in [-0.05, 0) is 36.4 Å². The Morgan fingerprint density at radius 3 is 2.86 bits per heavy atom. The lowest BCUT2D eigenvalue weighted by Gasteiger charge is -2.19. The third-order valence-corrected chi connectivity index (χ3v) is 3.57. The Hall–Kier alpha value is -1.78. The van der Waals surface area contributed by atoms with Crippen LogP contribution in [0.3, 0.4) is 0 Å². The van der Waals surface area contributed by atoms with Crippen LogP contribution in [-0.4, -0.2) is 26.2 Å². The van der Waals surface area contributed by atoms with Gasteiger partial charge in [0.1, 0.15) is 11.6 Å². The number of rotatable bonds is 6. The number of hydrogen-bond acceptors (Lipinski definition) is 4. The van der Waals surface area contributed by atoms with E-state index >= 15 is 0 Å². The second-order valence-electron chi connectivity index (χ2n) is 4.87. The average molecular weight is 306 g/mol. The number of methoxy groups -OCH3 is 1. The Morgan fingerprint density at radius 1 is 1.33 bits per heavy atom. The molecule has 4 nitrogen and oxygen atoms in total. The summed E-state index contributed by atoms with van der Waals surface area (Å²) < 4.78 is 5.25. The molecule has 2 aromatic rings. The number of pyridine rings is 1. The van der Waals surface area contributed by atoms with Crippen LogP contribution >= 0.6 is 11.6 Å². The van der Waals surface area contributed by atoms with Gasteiger partial charge in [-0.25, -0.2) is 4.98 Å². The lowest BCUT2D eigenvalue weighted by molar-refractivity contribution is 0.414. The number of ether oxygens (including phenoxy) is 1. The lowest BCUT2D eigenvalue weighted by Crippen LogP contribution is -2.18. The molecule has 21 heavy (non-hydrogen) atoms.